The van der Waals surface area contributed by atoms with Crippen molar-refractivity contribution >= 4 is 33.9 Å². The van der Waals surface area contributed by atoms with E-state index in [0.717, 1.165) is 29.1 Å². The number of aldehydes is 1. The van der Waals surface area contributed by atoms with E-state index < -0.39 is 15.0 Å². The van der Waals surface area contributed by atoms with Crippen LogP contribution in [0.1, 0.15) is 79.8 Å². The van der Waals surface area contributed by atoms with Gasteiger partial charge in [-0.1, -0.05) is 36.4 Å². The van der Waals surface area contributed by atoms with Crippen LogP contribution in [0.5, 0.6) is 23.0 Å². The predicted octanol–water partition coefficient (Wildman–Crippen LogP) is 6.96. The van der Waals surface area contributed by atoms with Gasteiger partial charge in [-0.25, -0.2) is 0 Å². The van der Waals surface area contributed by atoms with Crippen molar-refractivity contribution in [2.45, 2.75) is 49.8 Å². The molecule has 0 amide bonds. The van der Waals surface area contributed by atoms with Gasteiger partial charge < -0.3 is 20.4 Å². The average Bonchev–Trinajstić information content (AvgIpc) is 3.29. The molecule has 8 bridgehead atoms. The first-order valence-electron chi connectivity index (χ1n) is 16.8. The molecular weight excluding hydrogens is 679 g/mol. The van der Waals surface area contributed by atoms with Crippen molar-refractivity contribution in [1.29, 1.82) is 0 Å². The van der Waals surface area contributed by atoms with E-state index in [1.807, 2.05) is 37.4 Å². The first-order chi connectivity index (χ1) is 24.6. The minimum atomic E-state index is -4.74. The molecule has 1 aliphatic carbocycles. The molecule has 0 spiro atoms. The number of hydrogen-bond acceptors (Lipinski definition) is 7. The number of benzene rings is 5. The van der Waals surface area contributed by atoms with Crippen LogP contribution in [-0.2, 0) is 41.2 Å². The molecule has 0 atom stereocenters. The highest BCUT2D eigenvalue weighted by molar-refractivity contribution is 7.85. The standard InChI is InChI=1S/C42H37NO8S/c1-42(2)35-9-4-5-10-36(35)43(3)37(42)12-11-24-13-28-17-26-7-6-8-27(38(26)45)18-30-15-25(23-44)16-31(40(30)47)20-33-22-34(52(49,50)51)21-32(41(33)48)19-29(14-24)39(28)46/h4-16,21-23H,17-20H2,1-3H3,(H4,44,45,47,48,49,50,51)/p+1. The lowest BCUT2D eigenvalue weighted by atomic mass is 9.81. The van der Waals surface area contributed by atoms with Gasteiger partial charge in [0, 0.05) is 60.1 Å². The predicted molar refractivity (Wildman–Crippen MR) is 198 cm³/mol. The summed E-state index contributed by atoms with van der Waals surface area (Å²) in [5.74, 6) is -0.581. The highest BCUT2D eigenvalue weighted by Gasteiger charge is 2.42. The molecule has 0 radical (unpaired) electrons. The van der Waals surface area contributed by atoms with Crippen molar-refractivity contribution in [3.05, 3.63) is 146 Å². The monoisotopic (exact) mass is 716 g/mol. The van der Waals surface area contributed by atoms with Crippen LogP contribution in [0.3, 0.4) is 0 Å². The summed E-state index contributed by atoms with van der Waals surface area (Å²) in [7, 11) is -2.73. The second-order valence-electron chi connectivity index (χ2n) is 14.1. The van der Waals surface area contributed by atoms with E-state index in [0.29, 0.717) is 34.1 Å². The van der Waals surface area contributed by atoms with Crippen LogP contribution in [0.25, 0.3) is 6.08 Å². The summed E-state index contributed by atoms with van der Waals surface area (Å²) in [4.78, 5) is 11.5. The number of fused-ring (bicyclic) bond motifs is 9. The minimum absolute atomic E-state index is 0.0164. The molecule has 1 heterocycles. The van der Waals surface area contributed by atoms with Crippen LogP contribution in [0.2, 0.25) is 0 Å². The fraction of sp³-hybridized carbons (Fsp3) is 0.190. The number of allylic oxidation sites excluding steroid dienone is 1. The highest BCUT2D eigenvalue weighted by Crippen LogP contribution is 2.41. The van der Waals surface area contributed by atoms with Crippen molar-refractivity contribution in [3.63, 3.8) is 0 Å². The maximum absolute atomic E-state index is 12.5. The van der Waals surface area contributed by atoms with Crippen molar-refractivity contribution in [2.24, 2.45) is 0 Å². The number of carbonyl (C=O) groups excluding carboxylic acids is 1. The number of phenols is 4. The zero-order valence-corrected chi connectivity index (χ0v) is 29.7. The lowest BCUT2D eigenvalue weighted by Gasteiger charge is -2.18. The average molecular weight is 717 g/mol. The molecule has 7 rings (SSSR count). The van der Waals surface area contributed by atoms with Gasteiger partial charge in [-0.15, -0.1) is 0 Å². The van der Waals surface area contributed by atoms with Gasteiger partial charge in [-0.3, -0.25) is 9.35 Å². The van der Waals surface area contributed by atoms with E-state index in [-0.39, 0.29) is 76.4 Å². The van der Waals surface area contributed by atoms with Crippen LogP contribution >= 0.6 is 0 Å². The van der Waals surface area contributed by atoms with Gasteiger partial charge in [-0.05, 0) is 95.3 Å². The van der Waals surface area contributed by atoms with E-state index >= 15 is 0 Å². The van der Waals surface area contributed by atoms with E-state index in [2.05, 4.69) is 30.6 Å². The quantitative estimate of drug-likeness (QED) is 0.0745. The molecule has 9 nitrogen and oxygen atoms in total. The molecule has 1 aliphatic heterocycles. The topological polar surface area (TPSA) is 155 Å². The molecule has 0 unspecified atom stereocenters. The highest BCUT2D eigenvalue weighted by atomic mass is 32.2. The zero-order valence-electron chi connectivity index (χ0n) is 28.9. The summed E-state index contributed by atoms with van der Waals surface area (Å²) in [6, 6.07) is 22.3. The Hall–Kier alpha value is -5.71. The Morgan fingerprint density at radius 1 is 0.615 bits per heavy atom. The van der Waals surface area contributed by atoms with Gasteiger partial charge in [0.15, 0.2) is 5.71 Å². The number of rotatable bonds is 4. The van der Waals surface area contributed by atoms with E-state index in [1.165, 1.54) is 17.7 Å². The van der Waals surface area contributed by atoms with Gasteiger partial charge in [0.25, 0.3) is 10.1 Å². The molecule has 52 heavy (non-hydrogen) atoms. The Morgan fingerprint density at radius 2 is 1.06 bits per heavy atom. The third-order valence-corrected chi connectivity index (χ3v) is 11.2. The van der Waals surface area contributed by atoms with Crippen molar-refractivity contribution in [3.8, 4) is 23.0 Å². The smallest absolute Gasteiger partial charge is 0.294 e. The largest absolute Gasteiger partial charge is 0.507 e. The number of nitrogens with zero attached hydrogens (tertiary/aromatic N) is 1. The van der Waals surface area contributed by atoms with Crippen LogP contribution in [0.15, 0.2) is 89.8 Å². The van der Waals surface area contributed by atoms with Crippen molar-refractivity contribution in [1.82, 2.24) is 0 Å². The summed E-state index contributed by atoms with van der Waals surface area (Å²) in [5.41, 5.74) is 6.60. The first kappa shape index (κ1) is 34.7. The summed E-state index contributed by atoms with van der Waals surface area (Å²) >= 11 is 0. The molecule has 2 aliphatic rings. The second kappa shape index (κ2) is 12.8. The van der Waals surface area contributed by atoms with Gasteiger partial charge >= 0.3 is 0 Å². The fourth-order valence-electron chi connectivity index (χ4n) is 7.65. The molecule has 5 N–H and O–H groups in total. The van der Waals surface area contributed by atoms with Crippen LogP contribution in [-0.4, -0.2) is 57.0 Å². The fourth-order valence-corrected chi connectivity index (χ4v) is 8.23. The number of carbonyl (C=O) groups is 1. The van der Waals surface area contributed by atoms with E-state index in [4.69, 9.17) is 0 Å². The van der Waals surface area contributed by atoms with Crippen LogP contribution in [0, 0.1) is 0 Å². The molecule has 0 fully saturated rings. The summed E-state index contributed by atoms with van der Waals surface area (Å²) in [6.07, 6.45) is 4.43. The third kappa shape index (κ3) is 6.14. The van der Waals surface area contributed by atoms with Crippen molar-refractivity contribution in [2.75, 3.05) is 7.05 Å². The van der Waals surface area contributed by atoms with Gasteiger partial charge in [0.2, 0.25) is 5.69 Å². The number of hydrogen-bond donors (Lipinski definition) is 5. The molecule has 0 saturated heterocycles. The molecule has 5 aromatic carbocycles. The zero-order chi connectivity index (χ0) is 37.1. The Labute approximate surface area is 301 Å². The van der Waals surface area contributed by atoms with Crippen molar-refractivity contribution < 1.29 is 42.8 Å². The molecular formula is C42H38NO8S+. The maximum Gasteiger partial charge on any atom is 0.294 e. The van der Waals surface area contributed by atoms with E-state index in [9.17, 15) is 38.2 Å². The Morgan fingerprint density at radius 3 is 1.54 bits per heavy atom. The van der Waals surface area contributed by atoms with Gasteiger partial charge in [0.1, 0.15) is 36.3 Å². The Bertz CT molecular complexity index is 2490. The normalized spacial score (nSPS) is 15.2. The number of phenolic OH excluding ortho intramolecular Hbond substituents is 4. The van der Waals surface area contributed by atoms with E-state index in [1.54, 1.807) is 24.3 Å². The molecule has 0 saturated carbocycles. The lowest BCUT2D eigenvalue weighted by Crippen LogP contribution is -2.26. The summed E-state index contributed by atoms with van der Waals surface area (Å²) in [5, 5.41) is 46.2. The van der Waals surface area contributed by atoms with Crippen LogP contribution < -0.4 is 0 Å². The third-order valence-electron chi connectivity index (χ3n) is 10.4. The lowest BCUT2D eigenvalue weighted by molar-refractivity contribution is -0.401. The molecule has 264 valence electrons. The Balaban J connectivity index is 1.43. The SMILES string of the molecule is C[N+]1=C(/C=C/c2cc3c(O)c(c2)Cc2cc(S(=O)(=O)O)cc(c2O)Cc2cc(C=O)cc(c2O)Cc2cccc(c2O)C3)C(C)(C)c2ccccc21. The number of para-hydroxylation sites is 2. The number of aromatic hydroxyl groups is 4. The van der Waals surface area contributed by atoms with Crippen LogP contribution in [0.4, 0.5) is 5.69 Å². The molecule has 10 heteroatoms. The Kier molecular flexibility index (Phi) is 8.55. The minimum Gasteiger partial charge on any atom is -0.507 e. The molecule has 0 aromatic heterocycles. The summed E-state index contributed by atoms with van der Waals surface area (Å²) < 4.78 is 37.2. The van der Waals surface area contributed by atoms with Gasteiger partial charge in [-0.2, -0.15) is 13.0 Å². The van der Waals surface area contributed by atoms with Gasteiger partial charge in [0.05, 0.1) is 10.3 Å². The first-order valence-corrected chi connectivity index (χ1v) is 18.2. The maximum atomic E-state index is 12.5. The molecule has 5 aromatic rings. The second-order valence-corrected chi connectivity index (χ2v) is 15.5. The summed E-state index contributed by atoms with van der Waals surface area (Å²) in [6.45, 7) is 4.32.